The quantitative estimate of drug-likeness (QED) is 0.758. The number of amides is 1. The summed E-state index contributed by atoms with van der Waals surface area (Å²) in [5.41, 5.74) is 0.623. The fourth-order valence-electron chi connectivity index (χ4n) is 2.02. The maximum absolute atomic E-state index is 12.0. The van der Waals surface area contributed by atoms with Crippen molar-refractivity contribution in [3.63, 3.8) is 0 Å². The predicted octanol–water partition coefficient (Wildman–Crippen LogP) is 1.53. The van der Waals surface area contributed by atoms with Crippen LogP contribution in [0.25, 0.3) is 0 Å². The predicted molar refractivity (Wildman–Crippen MR) is 54.6 cm³/mol. The Morgan fingerprint density at radius 1 is 1.73 bits per heavy atom. The normalized spacial score (nSPS) is 20.9. The van der Waals surface area contributed by atoms with Gasteiger partial charge in [0.05, 0.1) is 24.5 Å². The molecule has 1 fully saturated rings. The van der Waals surface area contributed by atoms with Gasteiger partial charge in [0.25, 0.3) is 5.91 Å². The zero-order chi connectivity index (χ0) is 10.7. The molecule has 1 aliphatic rings. The molecular formula is C11H15NO3. The van der Waals surface area contributed by atoms with Gasteiger partial charge >= 0.3 is 0 Å². The van der Waals surface area contributed by atoms with Crippen LogP contribution < -0.4 is 0 Å². The Hall–Kier alpha value is -1.29. The van der Waals surface area contributed by atoms with Crippen molar-refractivity contribution < 1.29 is 13.9 Å². The number of methoxy groups -OCH3 is 1. The first-order valence-electron chi connectivity index (χ1n) is 5.15. The number of ether oxygens (including phenoxy) is 1. The van der Waals surface area contributed by atoms with Crippen LogP contribution >= 0.6 is 0 Å². The number of nitrogens with zero attached hydrogens (tertiary/aromatic N) is 1. The Labute approximate surface area is 88.8 Å². The highest BCUT2D eigenvalue weighted by Gasteiger charge is 2.29. The molecule has 0 aliphatic carbocycles. The molecule has 0 saturated carbocycles. The Balaban J connectivity index is 2.06. The lowest BCUT2D eigenvalue weighted by molar-refractivity contribution is 0.0630. The van der Waals surface area contributed by atoms with Crippen LogP contribution in [-0.2, 0) is 4.74 Å². The van der Waals surface area contributed by atoms with Crippen molar-refractivity contribution in [1.82, 2.24) is 4.90 Å². The van der Waals surface area contributed by atoms with Crippen LogP contribution in [0.1, 0.15) is 23.2 Å². The van der Waals surface area contributed by atoms with E-state index in [2.05, 4.69) is 0 Å². The molecule has 2 rings (SSSR count). The summed E-state index contributed by atoms with van der Waals surface area (Å²) >= 11 is 0. The van der Waals surface area contributed by atoms with Crippen LogP contribution in [0.3, 0.4) is 0 Å². The molecule has 1 aromatic rings. The van der Waals surface area contributed by atoms with E-state index in [0.29, 0.717) is 12.2 Å². The van der Waals surface area contributed by atoms with Gasteiger partial charge in [-0.05, 0) is 18.9 Å². The molecule has 4 heteroatoms. The monoisotopic (exact) mass is 209 g/mol. The molecule has 0 aromatic carbocycles. The van der Waals surface area contributed by atoms with Crippen molar-refractivity contribution in [2.45, 2.75) is 18.9 Å². The minimum Gasteiger partial charge on any atom is -0.472 e. The van der Waals surface area contributed by atoms with Crippen molar-refractivity contribution in [2.75, 3.05) is 20.3 Å². The fraction of sp³-hybridized carbons (Fsp3) is 0.545. The van der Waals surface area contributed by atoms with Gasteiger partial charge in [0.15, 0.2) is 0 Å². The first-order valence-corrected chi connectivity index (χ1v) is 5.15. The van der Waals surface area contributed by atoms with E-state index < -0.39 is 0 Å². The molecule has 0 spiro atoms. The van der Waals surface area contributed by atoms with Gasteiger partial charge in [-0.1, -0.05) is 0 Å². The summed E-state index contributed by atoms with van der Waals surface area (Å²) in [6, 6.07) is 1.92. The Morgan fingerprint density at radius 2 is 2.60 bits per heavy atom. The van der Waals surface area contributed by atoms with Crippen LogP contribution in [0.4, 0.5) is 0 Å². The molecule has 0 radical (unpaired) electrons. The summed E-state index contributed by atoms with van der Waals surface area (Å²) in [4.78, 5) is 13.9. The summed E-state index contributed by atoms with van der Waals surface area (Å²) in [6.07, 6.45) is 5.09. The second-order valence-electron chi connectivity index (χ2n) is 3.76. The van der Waals surface area contributed by atoms with Crippen LogP contribution in [0, 0.1) is 0 Å². The van der Waals surface area contributed by atoms with E-state index >= 15 is 0 Å². The molecule has 15 heavy (non-hydrogen) atoms. The van der Waals surface area contributed by atoms with Crippen molar-refractivity contribution in [3.8, 4) is 0 Å². The van der Waals surface area contributed by atoms with Gasteiger partial charge in [0.1, 0.15) is 6.26 Å². The van der Waals surface area contributed by atoms with Crippen molar-refractivity contribution >= 4 is 5.91 Å². The van der Waals surface area contributed by atoms with Crippen LogP contribution in [0.15, 0.2) is 23.0 Å². The molecule has 0 unspecified atom stereocenters. The van der Waals surface area contributed by atoms with E-state index in [9.17, 15) is 4.79 Å². The number of carbonyl (C=O) groups excluding carboxylic acids is 1. The van der Waals surface area contributed by atoms with E-state index in [-0.39, 0.29) is 11.9 Å². The van der Waals surface area contributed by atoms with Gasteiger partial charge in [0.2, 0.25) is 0 Å². The molecule has 1 aromatic heterocycles. The second-order valence-corrected chi connectivity index (χ2v) is 3.76. The summed E-state index contributed by atoms with van der Waals surface area (Å²) in [7, 11) is 1.67. The number of hydrogen-bond acceptors (Lipinski definition) is 3. The smallest absolute Gasteiger partial charge is 0.257 e. The molecule has 1 atom stereocenters. The van der Waals surface area contributed by atoms with Gasteiger partial charge < -0.3 is 14.1 Å². The van der Waals surface area contributed by atoms with Crippen molar-refractivity contribution in [3.05, 3.63) is 24.2 Å². The third-order valence-electron chi connectivity index (χ3n) is 2.77. The first kappa shape index (κ1) is 10.2. The van der Waals surface area contributed by atoms with Gasteiger partial charge in [-0.2, -0.15) is 0 Å². The third kappa shape index (κ3) is 2.04. The Kier molecular flexibility index (Phi) is 3.06. The molecular weight excluding hydrogens is 194 g/mol. The van der Waals surface area contributed by atoms with Crippen molar-refractivity contribution in [2.24, 2.45) is 0 Å². The molecule has 1 aliphatic heterocycles. The zero-order valence-corrected chi connectivity index (χ0v) is 8.81. The lowest BCUT2D eigenvalue weighted by Gasteiger charge is -2.23. The molecule has 0 bridgehead atoms. The van der Waals surface area contributed by atoms with Gasteiger partial charge in [-0.3, -0.25) is 4.79 Å². The molecule has 4 nitrogen and oxygen atoms in total. The van der Waals surface area contributed by atoms with Gasteiger partial charge in [-0.15, -0.1) is 0 Å². The summed E-state index contributed by atoms with van der Waals surface area (Å²) in [5.74, 6) is 0.0447. The highest BCUT2D eigenvalue weighted by Crippen LogP contribution is 2.20. The highest BCUT2D eigenvalue weighted by atomic mass is 16.5. The largest absolute Gasteiger partial charge is 0.472 e. The van der Waals surface area contributed by atoms with E-state index in [0.717, 1.165) is 19.4 Å². The van der Waals surface area contributed by atoms with E-state index in [1.165, 1.54) is 12.5 Å². The maximum atomic E-state index is 12.0. The van der Waals surface area contributed by atoms with E-state index in [4.69, 9.17) is 9.15 Å². The van der Waals surface area contributed by atoms with E-state index in [1.807, 2.05) is 4.90 Å². The molecule has 0 N–H and O–H groups in total. The van der Waals surface area contributed by atoms with Gasteiger partial charge in [-0.25, -0.2) is 0 Å². The number of rotatable bonds is 3. The minimum atomic E-state index is 0.0447. The zero-order valence-electron chi connectivity index (χ0n) is 8.81. The minimum absolute atomic E-state index is 0.0447. The fourth-order valence-corrected chi connectivity index (χ4v) is 2.02. The second kappa shape index (κ2) is 4.49. The Bertz CT molecular complexity index is 321. The maximum Gasteiger partial charge on any atom is 0.257 e. The number of carbonyl (C=O) groups is 1. The molecule has 1 amide bonds. The summed E-state index contributed by atoms with van der Waals surface area (Å²) in [5, 5.41) is 0. The average Bonchev–Trinajstić information content (AvgIpc) is 2.87. The third-order valence-corrected chi connectivity index (χ3v) is 2.77. The lowest BCUT2D eigenvalue weighted by Crippen LogP contribution is -2.37. The molecule has 1 saturated heterocycles. The summed E-state index contributed by atoms with van der Waals surface area (Å²) < 4.78 is 10.0. The van der Waals surface area contributed by atoms with E-state index in [1.54, 1.807) is 13.2 Å². The standard InChI is InChI=1S/C11H15NO3/c1-14-8-10-3-2-5-12(10)11(13)9-4-6-15-7-9/h4,6-7,10H,2-3,5,8H2,1H3/t10-/m0/s1. The lowest BCUT2D eigenvalue weighted by atomic mass is 10.2. The van der Waals surface area contributed by atoms with Gasteiger partial charge in [0, 0.05) is 13.7 Å². The highest BCUT2D eigenvalue weighted by molar-refractivity contribution is 5.94. The van der Waals surface area contributed by atoms with Crippen LogP contribution in [0.2, 0.25) is 0 Å². The average molecular weight is 209 g/mol. The van der Waals surface area contributed by atoms with Crippen molar-refractivity contribution in [1.29, 1.82) is 0 Å². The first-order chi connectivity index (χ1) is 7.33. The summed E-state index contributed by atoms with van der Waals surface area (Å²) in [6.45, 7) is 1.43. The molecule has 82 valence electrons. The molecule has 2 heterocycles. The van der Waals surface area contributed by atoms with Crippen LogP contribution in [0.5, 0.6) is 0 Å². The number of likely N-dealkylation sites (tertiary alicyclic amines) is 1. The topological polar surface area (TPSA) is 42.7 Å². The number of furan rings is 1. The Morgan fingerprint density at radius 3 is 3.27 bits per heavy atom. The SMILES string of the molecule is COC[C@@H]1CCCN1C(=O)c1ccoc1. The van der Waals surface area contributed by atoms with Crippen LogP contribution in [-0.4, -0.2) is 37.1 Å². The number of hydrogen-bond donors (Lipinski definition) is 0.